The summed E-state index contributed by atoms with van der Waals surface area (Å²) in [6, 6.07) is 4.52. The molecule has 29 heavy (non-hydrogen) atoms. The van der Waals surface area contributed by atoms with Crippen LogP contribution >= 0.6 is 35.6 Å². The number of aliphatic imine (C=N–C) groups is 1. The monoisotopic (exact) mass is 468 g/mol. The van der Waals surface area contributed by atoms with Crippen LogP contribution in [0.5, 0.6) is 0 Å². The van der Waals surface area contributed by atoms with Gasteiger partial charge in [0.05, 0.1) is 16.7 Å². The van der Waals surface area contributed by atoms with Crippen LogP contribution in [0, 0.1) is 5.82 Å². The van der Waals surface area contributed by atoms with Gasteiger partial charge in [0.15, 0.2) is 5.54 Å². The van der Waals surface area contributed by atoms with Crippen molar-refractivity contribution in [3.8, 4) is 0 Å². The lowest BCUT2D eigenvalue weighted by Gasteiger charge is -2.33. The molecular formula is C17H14Cl3F3N4O2. The number of rotatable bonds is 4. The number of benzene rings is 1. The molecule has 156 valence electrons. The van der Waals surface area contributed by atoms with Gasteiger partial charge in [-0.1, -0.05) is 23.2 Å². The number of amides is 1. The highest BCUT2D eigenvalue weighted by molar-refractivity contribution is 6.36. The smallest absolute Gasteiger partial charge is 0.275 e. The number of pyridine rings is 1. The number of hydrogen-bond donors (Lipinski definition) is 2. The Morgan fingerprint density at radius 1 is 1.31 bits per heavy atom. The number of alkyl halides is 2. The standard InChI is InChI=1S/C17H13Cl2F3N4O2.ClH/c18-8-3-11(19)14(24-5-8)15(27)25-9-1-2-12(20)10(4-9)17(16(21)22)7-28-6-13(23)26-17;/h1-5,16H,6-7H2,(H2,23,26)(H,25,27);1H/t17-;/m0./s1. The summed E-state index contributed by atoms with van der Waals surface area (Å²) in [5, 5.41) is 2.66. The van der Waals surface area contributed by atoms with E-state index >= 15 is 0 Å². The molecule has 0 fully saturated rings. The number of nitrogens with one attached hydrogen (secondary N) is 1. The van der Waals surface area contributed by atoms with Crippen molar-refractivity contribution in [3.63, 3.8) is 0 Å². The summed E-state index contributed by atoms with van der Waals surface area (Å²) >= 11 is 11.7. The molecule has 1 aromatic heterocycles. The molecule has 0 bridgehead atoms. The van der Waals surface area contributed by atoms with E-state index in [-0.39, 0.29) is 46.3 Å². The molecule has 3 rings (SSSR count). The summed E-state index contributed by atoms with van der Waals surface area (Å²) in [5.74, 6) is -1.85. The summed E-state index contributed by atoms with van der Waals surface area (Å²) in [5.41, 5.74) is 2.65. The van der Waals surface area contributed by atoms with Gasteiger partial charge in [0, 0.05) is 17.4 Å². The number of hydrogen-bond acceptors (Lipinski definition) is 5. The van der Waals surface area contributed by atoms with E-state index in [0.717, 1.165) is 12.1 Å². The molecule has 1 aliphatic rings. The van der Waals surface area contributed by atoms with Crippen molar-refractivity contribution in [1.82, 2.24) is 4.98 Å². The van der Waals surface area contributed by atoms with Crippen molar-refractivity contribution >= 4 is 53.0 Å². The van der Waals surface area contributed by atoms with Crippen molar-refractivity contribution in [1.29, 1.82) is 0 Å². The Kier molecular flexibility index (Phi) is 7.34. The lowest BCUT2D eigenvalue weighted by Crippen LogP contribution is -2.45. The van der Waals surface area contributed by atoms with Gasteiger partial charge in [-0.15, -0.1) is 12.4 Å². The van der Waals surface area contributed by atoms with Gasteiger partial charge in [0.2, 0.25) is 0 Å². The zero-order valence-electron chi connectivity index (χ0n) is 14.5. The van der Waals surface area contributed by atoms with Crippen molar-refractivity contribution < 1.29 is 22.7 Å². The molecule has 3 N–H and O–H groups in total. The van der Waals surface area contributed by atoms with Gasteiger partial charge in [-0.05, 0) is 24.3 Å². The van der Waals surface area contributed by atoms with E-state index in [4.69, 9.17) is 33.7 Å². The van der Waals surface area contributed by atoms with Gasteiger partial charge in [0.1, 0.15) is 24.0 Å². The van der Waals surface area contributed by atoms with Crippen molar-refractivity contribution in [2.75, 3.05) is 18.5 Å². The molecule has 0 saturated carbocycles. The first-order chi connectivity index (χ1) is 13.2. The predicted molar refractivity (Wildman–Crippen MR) is 106 cm³/mol. The Morgan fingerprint density at radius 3 is 2.66 bits per heavy atom. The molecule has 2 heterocycles. The van der Waals surface area contributed by atoms with Crippen LogP contribution in [0.1, 0.15) is 16.1 Å². The Hall–Kier alpha value is -2.07. The molecule has 12 heteroatoms. The van der Waals surface area contributed by atoms with Gasteiger partial charge < -0.3 is 15.8 Å². The highest BCUT2D eigenvalue weighted by atomic mass is 35.5. The topological polar surface area (TPSA) is 89.6 Å². The second kappa shape index (κ2) is 9.17. The fourth-order valence-electron chi connectivity index (χ4n) is 2.71. The predicted octanol–water partition coefficient (Wildman–Crippen LogP) is 4.05. The molecule has 1 atom stereocenters. The Labute approximate surface area is 179 Å². The van der Waals surface area contributed by atoms with Gasteiger partial charge in [0.25, 0.3) is 12.3 Å². The number of anilines is 1. The summed E-state index contributed by atoms with van der Waals surface area (Å²) in [6.07, 6.45) is -1.87. The molecule has 0 radical (unpaired) electrons. The summed E-state index contributed by atoms with van der Waals surface area (Å²) in [7, 11) is 0. The molecule has 6 nitrogen and oxygen atoms in total. The van der Waals surface area contributed by atoms with Gasteiger partial charge in [-0.25, -0.2) is 18.2 Å². The van der Waals surface area contributed by atoms with E-state index in [1.165, 1.54) is 18.3 Å². The quantitative estimate of drug-likeness (QED) is 0.707. The third-order valence-electron chi connectivity index (χ3n) is 3.99. The Bertz CT molecular complexity index is 962. The maximum atomic E-state index is 14.4. The van der Waals surface area contributed by atoms with Crippen molar-refractivity contribution in [2.45, 2.75) is 12.0 Å². The minimum absolute atomic E-state index is 0. The van der Waals surface area contributed by atoms with Crippen LogP contribution in [0.3, 0.4) is 0 Å². The lowest BCUT2D eigenvalue weighted by molar-refractivity contribution is -0.0145. The lowest BCUT2D eigenvalue weighted by atomic mass is 9.90. The van der Waals surface area contributed by atoms with Gasteiger partial charge in [-0.2, -0.15) is 0 Å². The Morgan fingerprint density at radius 2 is 2.03 bits per heavy atom. The highest BCUT2D eigenvalue weighted by Gasteiger charge is 2.46. The number of amidine groups is 1. The molecule has 0 saturated heterocycles. The number of ether oxygens (including phenoxy) is 1. The summed E-state index contributed by atoms with van der Waals surface area (Å²) in [6.45, 7) is -0.697. The van der Waals surface area contributed by atoms with E-state index in [0.29, 0.717) is 0 Å². The Balaban J connectivity index is 0.00000300. The average molecular weight is 470 g/mol. The maximum absolute atomic E-state index is 14.4. The van der Waals surface area contributed by atoms with Crippen LogP contribution in [-0.2, 0) is 10.3 Å². The highest BCUT2D eigenvalue weighted by Crippen LogP contribution is 2.38. The number of nitrogens with zero attached hydrogens (tertiary/aromatic N) is 2. The van der Waals surface area contributed by atoms with E-state index in [1.807, 2.05) is 0 Å². The fraction of sp³-hybridized carbons (Fsp3) is 0.235. The molecule has 0 spiro atoms. The first kappa shape index (κ1) is 23.2. The normalized spacial score (nSPS) is 18.8. The zero-order valence-corrected chi connectivity index (χ0v) is 16.8. The molecule has 0 unspecified atom stereocenters. The van der Waals surface area contributed by atoms with Crippen molar-refractivity contribution in [2.24, 2.45) is 10.7 Å². The number of nitrogens with two attached hydrogens (primary N) is 1. The summed E-state index contributed by atoms with van der Waals surface area (Å²) in [4.78, 5) is 20.0. The maximum Gasteiger partial charge on any atom is 0.275 e. The second-order valence-electron chi connectivity index (χ2n) is 5.95. The molecule has 2 aromatic rings. The van der Waals surface area contributed by atoms with Crippen molar-refractivity contribution in [3.05, 3.63) is 57.6 Å². The first-order valence-corrected chi connectivity index (χ1v) is 8.61. The van der Waals surface area contributed by atoms with Crippen LogP contribution < -0.4 is 11.1 Å². The second-order valence-corrected chi connectivity index (χ2v) is 6.80. The van der Waals surface area contributed by atoms with E-state index in [1.54, 1.807) is 0 Å². The molecular weight excluding hydrogens is 456 g/mol. The fourth-order valence-corrected chi connectivity index (χ4v) is 3.17. The SMILES string of the molecule is Cl.NC1=N[C@@](c2cc(NC(=O)c3ncc(Cl)cc3Cl)ccc2F)(C(F)F)COC1. The van der Waals surface area contributed by atoms with Crippen LogP contribution in [0.25, 0.3) is 0 Å². The van der Waals surface area contributed by atoms with Gasteiger partial charge >= 0.3 is 0 Å². The van der Waals surface area contributed by atoms with E-state index in [2.05, 4.69) is 15.3 Å². The zero-order chi connectivity index (χ0) is 20.5. The van der Waals surface area contributed by atoms with Crippen LogP contribution in [0.2, 0.25) is 10.0 Å². The van der Waals surface area contributed by atoms with E-state index in [9.17, 15) is 18.0 Å². The average Bonchev–Trinajstić information content (AvgIpc) is 2.62. The molecule has 1 aliphatic heterocycles. The van der Waals surface area contributed by atoms with Gasteiger partial charge in [-0.3, -0.25) is 9.79 Å². The first-order valence-electron chi connectivity index (χ1n) is 7.85. The minimum Gasteiger partial charge on any atom is -0.385 e. The van der Waals surface area contributed by atoms with Crippen LogP contribution in [0.4, 0.5) is 18.9 Å². The van der Waals surface area contributed by atoms with Crippen LogP contribution in [-0.4, -0.2) is 36.4 Å². The molecule has 1 amide bonds. The number of carbonyl (C=O) groups is 1. The van der Waals surface area contributed by atoms with E-state index < -0.39 is 35.9 Å². The third kappa shape index (κ3) is 4.75. The third-order valence-corrected chi connectivity index (χ3v) is 4.48. The number of carbonyl (C=O) groups excluding carboxylic acids is 1. The summed E-state index contributed by atoms with van der Waals surface area (Å²) < 4.78 is 47.1. The van der Waals surface area contributed by atoms with Crippen LogP contribution in [0.15, 0.2) is 35.5 Å². The molecule has 1 aromatic carbocycles. The number of aromatic nitrogens is 1. The minimum atomic E-state index is -3.10. The largest absolute Gasteiger partial charge is 0.385 e. The molecule has 0 aliphatic carbocycles. The number of halogens is 6.